The second-order valence-corrected chi connectivity index (χ2v) is 11.6. The fourth-order valence-electron chi connectivity index (χ4n) is 7.75. The van der Waals surface area contributed by atoms with Gasteiger partial charge in [0.1, 0.15) is 0 Å². The maximum Gasteiger partial charge on any atom is 0.0543 e. The molecule has 31 heavy (non-hydrogen) atoms. The fourth-order valence-corrected chi connectivity index (χ4v) is 7.75. The van der Waals surface area contributed by atoms with Crippen molar-refractivity contribution < 1.29 is 0 Å². The summed E-state index contributed by atoms with van der Waals surface area (Å²) < 4.78 is 0. The molecule has 6 atom stereocenters. The first-order valence-corrected chi connectivity index (χ1v) is 12.7. The monoisotopic (exact) mass is 434 g/mol. The zero-order chi connectivity index (χ0) is 21.8. The third-order valence-corrected chi connectivity index (χ3v) is 9.44. The number of nitrogens with zero attached hydrogens (tertiary/aromatic N) is 3. The number of nitrogens with one attached hydrogen (secondary N) is 4. The lowest BCUT2D eigenvalue weighted by atomic mass is 9.58. The molecule has 6 unspecified atom stereocenters. The molecule has 0 aromatic carbocycles. The van der Waals surface area contributed by atoms with Crippen LogP contribution < -0.4 is 27.1 Å². The summed E-state index contributed by atoms with van der Waals surface area (Å²) in [6.07, 6.45) is 1.45. The molecular weight excluding hydrogens is 388 g/mol. The molecule has 0 aromatic rings. The van der Waals surface area contributed by atoms with Crippen LogP contribution in [0.1, 0.15) is 27.2 Å². The summed E-state index contributed by atoms with van der Waals surface area (Å²) in [5.74, 6) is 1.36. The molecule has 0 radical (unpaired) electrons. The number of nitrogens with two attached hydrogens (primary N) is 1. The molecule has 178 valence electrons. The molecule has 5 aliphatic rings. The van der Waals surface area contributed by atoms with E-state index in [1.54, 1.807) is 0 Å². The van der Waals surface area contributed by atoms with Crippen LogP contribution in [0.25, 0.3) is 0 Å². The summed E-state index contributed by atoms with van der Waals surface area (Å²) in [5, 5.41) is 13.8. The highest BCUT2D eigenvalue weighted by Crippen LogP contribution is 2.55. The van der Waals surface area contributed by atoms with E-state index < -0.39 is 0 Å². The van der Waals surface area contributed by atoms with Crippen LogP contribution in [0, 0.1) is 22.7 Å². The smallest absolute Gasteiger partial charge is 0.0543 e. The summed E-state index contributed by atoms with van der Waals surface area (Å²) in [6, 6.07) is 1.81. The van der Waals surface area contributed by atoms with Gasteiger partial charge < -0.3 is 21.7 Å². The van der Waals surface area contributed by atoms with Gasteiger partial charge in [-0.25, -0.2) is 5.01 Å². The van der Waals surface area contributed by atoms with E-state index in [-0.39, 0.29) is 6.17 Å². The van der Waals surface area contributed by atoms with Crippen LogP contribution in [-0.2, 0) is 0 Å². The van der Waals surface area contributed by atoms with Gasteiger partial charge in [0.15, 0.2) is 0 Å². The van der Waals surface area contributed by atoms with Gasteiger partial charge in [0.2, 0.25) is 0 Å². The van der Waals surface area contributed by atoms with E-state index in [1.807, 2.05) is 0 Å². The van der Waals surface area contributed by atoms with Crippen LogP contribution >= 0.6 is 0 Å². The van der Waals surface area contributed by atoms with E-state index in [2.05, 4.69) is 64.0 Å². The third kappa shape index (κ3) is 3.67. The van der Waals surface area contributed by atoms with Crippen molar-refractivity contribution in [3.05, 3.63) is 0 Å². The van der Waals surface area contributed by atoms with Crippen LogP contribution in [-0.4, -0.2) is 112 Å². The molecule has 5 rings (SSSR count). The summed E-state index contributed by atoms with van der Waals surface area (Å²) >= 11 is 0. The number of hydrogen-bond acceptors (Lipinski definition) is 8. The molecule has 5 aliphatic heterocycles. The minimum Gasteiger partial charge on any atom is -0.316 e. The summed E-state index contributed by atoms with van der Waals surface area (Å²) in [6.45, 7) is 18.4. The maximum absolute atomic E-state index is 6.34. The topological polar surface area (TPSA) is 83.9 Å². The first-order valence-electron chi connectivity index (χ1n) is 12.7. The number of hydrogen-bond donors (Lipinski definition) is 5. The molecule has 8 heteroatoms. The molecule has 8 nitrogen and oxygen atoms in total. The van der Waals surface area contributed by atoms with E-state index in [0.29, 0.717) is 40.8 Å². The number of hydrazine groups is 1. The molecule has 0 saturated carbocycles. The lowest BCUT2D eigenvalue weighted by Gasteiger charge is -2.64. The van der Waals surface area contributed by atoms with Gasteiger partial charge in [0, 0.05) is 81.3 Å². The normalized spacial score (nSPS) is 42.8. The highest BCUT2D eigenvalue weighted by Gasteiger charge is 2.66. The average molecular weight is 435 g/mol. The standard InChI is InChI=1S/C23H46N8/c1-16(2)30-15-23(21(30)20-7-22(11-28-12-22)14-31(20)25-4)13-27-9-19(23)18-8-26-5-6-29(10-18)17(3)24/h16-21,25-28H,5-15,24H2,1-4H3. The zero-order valence-corrected chi connectivity index (χ0v) is 20.2. The Kier molecular flexibility index (Phi) is 6.14. The Morgan fingerprint density at radius 2 is 1.84 bits per heavy atom. The van der Waals surface area contributed by atoms with Crippen molar-refractivity contribution in [2.75, 3.05) is 72.5 Å². The van der Waals surface area contributed by atoms with E-state index in [9.17, 15) is 0 Å². The van der Waals surface area contributed by atoms with Crippen molar-refractivity contribution in [3.8, 4) is 0 Å². The maximum atomic E-state index is 6.34. The molecule has 0 bridgehead atoms. The van der Waals surface area contributed by atoms with E-state index in [4.69, 9.17) is 5.73 Å². The van der Waals surface area contributed by atoms with Crippen LogP contribution in [0.2, 0.25) is 0 Å². The molecular formula is C23H46N8. The van der Waals surface area contributed by atoms with Crippen molar-refractivity contribution in [1.29, 1.82) is 0 Å². The lowest BCUT2D eigenvalue weighted by molar-refractivity contribution is -0.151. The van der Waals surface area contributed by atoms with Crippen molar-refractivity contribution in [1.82, 2.24) is 36.2 Å². The van der Waals surface area contributed by atoms with Crippen molar-refractivity contribution in [3.63, 3.8) is 0 Å². The van der Waals surface area contributed by atoms with Gasteiger partial charge >= 0.3 is 0 Å². The minimum atomic E-state index is 0.137. The van der Waals surface area contributed by atoms with E-state index in [1.165, 1.54) is 39.1 Å². The Morgan fingerprint density at radius 3 is 2.48 bits per heavy atom. The SMILES string of the molecule is CNN1CC2(CNC2)CC1C1N(C(C)C)CC12CNCC2C1CNCCN(C(C)N)C1. The van der Waals surface area contributed by atoms with E-state index in [0.717, 1.165) is 32.7 Å². The average Bonchev–Trinajstić information content (AvgIpc) is 3.22. The highest BCUT2D eigenvalue weighted by molar-refractivity contribution is 5.20. The first kappa shape index (κ1) is 22.5. The second-order valence-electron chi connectivity index (χ2n) is 11.6. The Labute approximate surface area is 189 Å². The lowest BCUT2D eigenvalue weighted by Crippen LogP contribution is -2.76. The minimum absolute atomic E-state index is 0.137. The van der Waals surface area contributed by atoms with Crippen molar-refractivity contribution >= 4 is 0 Å². The zero-order valence-electron chi connectivity index (χ0n) is 20.2. The van der Waals surface area contributed by atoms with Crippen molar-refractivity contribution in [2.24, 2.45) is 28.4 Å². The predicted molar refractivity (Wildman–Crippen MR) is 125 cm³/mol. The van der Waals surface area contributed by atoms with Crippen LogP contribution in [0.3, 0.4) is 0 Å². The van der Waals surface area contributed by atoms with Gasteiger partial charge in [-0.05, 0) is 59.2 Å². The molecule has 5 fully saturated rings. The van der Waals surface area contributed by atoms with Gasteiger partial charge in [-0.2, -0.15) is 0 Å². The third-order valence-electron chi connectivity index (χ3n) is 9.44. The molecule has 5 heterocycles. The van der Waals surface area contributed by atoms with Gasteiger partial charge in [-0.1, -0.05) is 0 Å². The molecule has 0 aromatic heterocycles. The Morgan fingerprint density at radius 1 is 1.03 bits per heavy atom. The number of rotatable bonds is 5. The molecule has 5 saturated heterocycles. The van der Waals surface area contributed by atoms with Crippen LogP contribution in [0.15, 0.2) is 0 Å². The van der Waals surface area contributed by atoms with Gasteiger partial charge in [0.05, 0.1) is 6.17 Å². The molecule has 6 N–H and O–H groups in total. The van der Waals surface area contributed by atoms with E-state index >= 15 is 0 Å². The molecule has 0 aliphatic carbocycles. The summed E-state index contributed by atoms with van der Waals surface area (Å²) in [7, 11) is 2.13. The second kappa shape index (κ2) is 8.47. The molecule has 2 spiro atoms. The van der Waals surface area contributed by atoms with Crippen LogP contribution in [0.4, 0.5) is 0 Å². The van der Waals surface area contributed by atoms with Crippen molar-refractivity contribution in [2.45, 2.75) is 51.5 Å². The summed E-state index contributed by atoms with van der Waals surface area (Å²) in [5.41, 5.74) is 10.8. The quantitative estimate of drug-likeness (QED) is 0.373. The summed E-state index contributed by atoms with van der Waals surface area (Å²) in [4.78, 5) is 5.31. The largest absolute Gasteiger partial charge is 0.316 e. The highest BCUT2D eigenvalue weighted by atomic mass is 15.5. The fraction of sp³-hybridized carbons (Fsp3) is 1.00. The Bertz CT molecular complexity index is 637. The van der Waals surface area contributed by atoms with Crippen LogP contribution in [0.5, 0.6) is 0 Å². The first-order chi connectivity index (χ1) is 14.9. The Balaban J connectivity index is 1.42. The van der Waals surface area contributed by atoms with Gasteiger partial charge in [-0.3, -0.25) is 15.2 Å². The van der Waals surface area contributed by atoms with Gasteiger partial charge in [-0.15, -0.1) is 0 Å². The Hall–Kier alpha value is -0.320. The molecule has 0 amide bonds. The van der Waals surface area contributed by atoms with Gasteiger partial charge in [0.25, 0.3) is 0 Å². The number of likely N-dealkylation sites (tertiary alicyclic amines) is 1. The predicted octanol–water partition coefficient (Wildman–Crippen LogP) is -1.09.